The Bertz CT molecular complexity index is 724. The number of hydrogen-bond acceptors (Lipinski definition) is 7. The third kappa shape index (κ3) is 4.70. The Morgan fingerprint density at radius 1 is 1.17 bits per heavy atom. The van der Waals surface area contributed by atoms with Crippen molar-refractivity contribution in [1.82, 2.24) is 0 Å². The lowest BCUT2D eigenvalue weighted by atomic mass is 10.1. The molecule has 1 aromatic rings. The lowest BCUT2D eigenvalue weighted by molar-refractivity contribution is -0.143. The second kappa shape index (κ2) is 7.65. The molecule has 132 valence electrons. The monoisotopic (exact) mass is 356 g/mol. The Balaban J connectivity index is 1.87. The predicted octanol–water partition coefficient (Wildman–Crippen LogP) is 1.25. The number of ketones is 1. The molecular weight excluding hydrogens is 336 g/mol. The number of carbonyl (C=O) groups excluding carboxylic acids is 2. The van der Waals surface area contributed by atoms with Gasteiger partial charge in [-0.15, -0.1) is 0 Å². The molecule has 1 aromatic carbocycles. The zero-order valence-electron chi connectivity index (χ0n) is 13.6. The average molecular weight is 356 g/mol. The molecule has 0 aliphatic carbocycles. The van der Waals surface area contributed by atoms with Gasteiger partial charge < -0.3 is 14.2 Å². The van der Waals surface area contributed by atoms with Crippen LogP contribution in [0.3, 0.4) is 0 Å². The number of methoxy groups -OCH3 is 2. The van der Waals surface area contributed by atoms with Gasteiger partial charge in [0.05, 0.1) is 25.7 Å². The first-order valence-electron chi connectivity index (χ1n) is 7.46. The zero-order valence-corrected chi connectivity index (χ0v) is 14.4. The van der Waals surface area contributed by atoms with E-state index in [2.05, 4.69) is 0 Å². The van der Waals surface area contributed by atoms with Crippen molar-refractivity contribution >= 4 is 21.6 Å². The molecule has 24 heavy (non-hydrogen) atoms. The largest absolute Gasteiger partial charge is 0.493 e. The molecule has 0 radical (unpaired) electrons. The van der Waals surface area contributed by atoms with Crippen LogP contribution in [0.2, 0.25) is 0 Å². The summed E-state index contributed by atoms with van der Waals surface area (Å²) in [5.74, 6) is -0.145. The van der Waals surface area contributed by atoms with Gasteiger partial charge in [-0.3, -0.25) is 9.59 Å². The van der Waals surface area contributed by atoms with E-state index in [1.807, 2.05) is 0 Å². The molecule has 0 spiro atoms. The maximum absolute atomic E-state index is 12.1. The Kier molecular flexibility index (Phi) is 5.82. The first-order chi connectivity index (χ1) is 11.3. The summed E-state index contributed by atoms with van der Waals surface area (Å²) in [5, 5.41) is 0. The first kappa shape index (κ1) is 18.3. The standard InChI is InChI=1S/C16H20O7S/c1-21-14-4-3-12(8-15(14)22-2)13(17)9-23-16(18)7-11-5-6-24(19,20)10-11/h3-4,8,11H,5-7,9-10H2,1-2H3/t11-/m1/s1. The van der Waals surface area contributed by atoms with Crippen LogP contribution >= 0.6 is 0 Å². The number of sulfone groups is 1. The summed E-state index contributed by atoms with van der Waals surface area (Å²) in [4.78, 5) is 23.8. The highest BCUT2D eigenvalue weighted by Crippen LogP contribution is 2.27. The maximum Gasteiger partial charge on any atom is 0.306 e. The summed E-state index contributed by atoms with van der Waals surface area (Å²) in [7, 11) is -0.0796. The van der Waals surface area contributed by atoms with Crippen LogP contribution in [0.25, 0.3) is 0 Å². The Morgan fingerprint density at radius 2 is 1.88 bits per heavy atom. The highest BCUT2D eigenvalue weighted by molar-refractivity contribution is 7.91. The Labute approximate surface area is 140 Å². The molecule has 1 saturated heterocycles. The molecule has 0 saturated carbocycles. The van der Waals surface area contributed by atoms with E-state index in [1.54, 1.807) is 12.1 Å². The molecule has 1 aliphatic heterocycles. The van der Waals surface area contributed by atoms with E-state index in [0.717, 1.165) is 0 Å². The van der Waals surface area contributed by atoms with Gasteiger partial charge in [0, 0.05) is 12.0 Å². The van der Waals surface area contributed by atoms with E-state index < -0.39 is 22.4 Å². The molecule has 2 rings (SSSR count). The highest BCUT2D eigenvalue weighted by Gasteiger charge is 2.30. The lowest BCUT2D eigenvalue weighted by Gasteiger charge is -2.10. The van der Waals surface area contributed by atoms with Crippen LogP contribution in [0.1, 0.15) is 23.2 Å². The molecule has 0 bridgehead atoms. The van der Waals surface area contributed by atoms with Crippen molar-refractivity contribution in [2.45, 2.75) is 12.8 Å². The van der Waals surface area contributed by atoms with Gasteiger partial charge in [-0.25, -0.2) is 8.42 Å². The molecule has 0 amide bonds. The quantitative estimate of drug-likeness (QED) is 0.536. The van der Waals surface area contributed by atoms with E-state index in [4.69, 9.17) is 14.2 Å². The van der Waals surface area contributed by atoms with E-state index in [-0.39, 0.29) is 29.6 Å². The summed E-state index contributed by atoms with van der Waals surface area (Å²) < 4.78 is 37.9. The third-order valence-electron chi connectivity index (χ3n) is 3.85. The van der Waals surface area contributed by atoms with Crippen LogP contribution in [0.15, 0.2) is 18.2 Å². The average Bonchev–Trinajstić information content (AvgIpc) is 2.90. The van der Waals surface area contributed by atoms with Crippen LogP contribution < -0.4 is 9.47 Å². The highest BCUT2D eigenvalue weighted by atomic mass is 32.2. The minimum Gasteiger partial charge on any atom is -0.493 e. The number of ether oxygens (including phenoxy) is 3. The molecule has 7 nitrogen and oxygen atoms in total. The smallest absolute Gasteiger partial charge is 0.306 e. The number of Topliss-reactive ketones (excluding diaryl/α,β-unsaturated/α-hetero) is 1. The summed E-state index contributed by atoms with van der Waals surface area (Å²) in [6.07, 6.45) is 0.472. The fourth-order valence-corrected chi connectivity index (χ4v) is 4.43. The topological polar surface area (TPSA) is 96.0 Å². The van der Waals surface area contributed by atoms with Crippen LogP contribution in [-0.2, 0) is 19.4 Å². The van der Waals surface area contributed by atoms with Gasteiger partial charge in [0.1, 0.15) is 0 Å². The molecule has 1 aliphatic rings. The van der Waals surface area contributed by atoms with Crippen molar-refractivity contribution < 1.29 is 32.2 Å². The molecule has 0 aromatic heterocycles. The van der Waals surface area contributed by atoms with Crippen molar-refractivity contribution in [2.75, 3.05) is 32.3 Å². The number of benzene rings is 1. The summed E-state index contributed by atoms with van der Waals surface area (Å²) in [6.45, 7) is -0.395. The van der Waals surface area contributed by atoms with Crippen molar-refractivity contribution in [3.63, 3.8) is 0 Å². The SMILES string of the molecule is COc1ccc(C(=O)COC(=O)C[C@H]2CCS(=O)(=O)C2)cc1OC. The molecular formula is C16H20O7S. The van der Waals surface area contributed by atoms with Gasteiger partial charge in [0.2, 0.25) is 0 Å². The number of rotatable bonds is 7. The lowest BCUT2D eigenvalue weighted by Crippen LogP contribution is -2.17. The van der Waals surface area contributed by atoms with Crippen LogP contribution in [0.4, 0.5) is 0 Å². The Hall–Kier alpha value is -2.09. The second-order valence-electron chi connectivity index (χ2n) is 5.63. The van der Waals surface area contributed by atoms with Gasteiger partial charge in [0.15, 0.2) is 33.7 Å². The van der Waals surface area contributed by atoms with Crippen LogP contribution in [0.5, 0.6) is 11.5 Å². The maximum atomic E-state index is 12.1. The van der Waals surface area contributed by atoms with Gasteiger partial charge >= 0.3 is 5.97 Å². The second-order valence-corrected chi connectivity index (χ2v) is 7.86. The van der Waals surface area contributed by atoms with E-state index in [9.17, 15) is 18.0 Å². The summed E-state index contributed by atoms with van der Waals surface area (Å²) >= 11 is 0. The fourth-order valence-electron chi connectivity index (χ4n) is 2.57. The summed E-state index contributed by atoms with van der Waals surface area (Å²) in [6, 6.07) is 4.66. The number of hydrogen-bond donors (Lipinski definition) is 0. The van der Waals surface area contributed by atoms with Crippen molar-refractivity contribution in [3.8, 4) is 11.5 Å². The molecule has 1 atom stereocenters. The van der Waals surface area contributed by atoms with Crippen molar-refractivity contribution in [1.29, 1.82) is 0 Å². The van der Waals surface area contributed by atoms with Gasteiger partial charge in [0.25, 0.3) is 0 Å². The number of carbonyl (C=O) groups is 2. The molecule has 8 heteroatoms. The molecule has 0 unspecified atom stereocenters. The van der Waals surface area contributed by atoms with Crippen LogP contribution in [0, 0.1) is 5.92 Å². The Morgan fingerprint density at radius 3 is 2.46 bits per heavy atom. The fraction of sp³-hybridized carbons (Fsp3) is 0.500. The normalized spacial score (nSPS) is 18.8. The minimum absolute atomic E-state index is 0.00568. The zero-order chi connectivity index (χ0) is 17.7. The molecule has 1 heterocycles. The van der Waals surface area contributed by atoms with Gasteiger partial charge in [-0.1, -0.05) is 0 Å². The van der Waals surface area contributed by atoms with Gasteiger partial charge in [-0.05, 0) is 30.5 Å². The first-order valence-corrected chi connectivity index (χ1v) is 9.28. The summed E-state index contributed by atoms with van der Waals surface area (Å²) in [5.41, 5.74) is 0.337. The van der Waals surface area contributed by atoms with E-state index in [0.29, 0.717) is 23.5 Å². The molecule has 1 fully saturated rings. The third-order valence-corrected chi connectivity index (χ3v) is 5.69. The van der Waals surface area contributed by atoms with E-state index >= 15 is 0 Å². The molecule has 0 N–H and O–H groups in total. The minimum atomic E-state index is -3.03. The van der Waals surface area contributed by atoms with Gasteiger partial charge in [-0.2, -0.15) is 0 Å². The van der Waals surface area contributed by atoms with Crippen molar-refractivity contribution in [3.05, 3.63) is 23.8 Å². The van der Waals surface area contributed by atoms with E-state index in [1.165, 1.54) is 20.3 Å². The van der Waals surface area contributed by atoms with Crippen molar-refractivity contribution in [2.24, 2.45) is 5.92 Å². The van der Waals surface area contributed by atoms with Crippen LogP contribution in [-0.4, -0.2) is 52.5 Å². The number of esters is 1. The predicted molar refractivity (Wildman–Crippen MR) is 86.2 cm³/mol.